The zero-order chi connectivity index (χ0) is 10.8. The van der Waals surface area contributed by atoms with Gasteiger partial charge in [0.1, 0.15) is 5.15 Å². The van der Waals surface area contributed by atoms with Crippen molar-refractivity contribution in [3.8, 4) is 11.3 Å². The van der Waals surface area contributed by atoms with Crippen LogP contribution in [-0.2, 0) is 0 Å². The minimum absolute atomic E-state index is 0.434. The van der Waals surface area contributed by atoms with Crippen LogP contribution in [0.25, 0.3) is 11.3 Å². The van der Waals surface area contributed by atoms with Crippen LogP contribution in [0.1, 0.15) is 0 Å². The lowest BCUT2D eigenvalue weighted by molar-refractivity contribution is 1.33. The smallest absolute Gasteiger partial charge is 0.129 e. The van der Waals surface area contributed by atoms with Gasteiger partial charge in [-0.15, -0.1) is 0 Å². The zero-order valence-electron chi connectivity index (χ0n) is 7.55. The van der Waals surface area contributed by atoms with E-state index < -0.39 is 0 Å². The number of hydrogen-bond donors (Lipinski definition) is 0. The third kappa shape index (κ3) is 2.25. The molecule has 0 spiro atoms. The average Bonchev–Trinajstić information content (AvgIpc) is 2.22. The zero-order valence-corrected chi connectivity index (χ0v) is 9.81. The molecular weight excluding hydrogens is 252 g/mol. The number of nitrogens with zero attached hydrogens (tertiary/aromatic N) is 1. The first-order valence-corrected chi connectivity index (χ1v) is 5.39. The van der Waals surface area contributed by atoms with Gasteiger partial charge in [-0.05, 0) is 18.2 Å². The lowest BCUT2D eigenvalue weighted by Gasteiger charge is -2.04. The number of rotatable bonds is 1. The standard InChI is InChI=1S/C11H6Cl3N/c12-8-4-1-3-7(11(8)14)9-5-2-6-10(13)15-9/h1-6H. The van der Waals surface area contributed by atoms with Gasteiger partial charge in [-0.3, -0.25) is 0 Å². The van der Waals surface area contributed by atoms with Crippen LogP contribution in [0, 0.1) is 0 Å². The summed E-state index contributed by atoms with van der Waals surface area (Å²) in [6.07, 6.45) is 0. The predicted octanol–water partition coefficient (Wildman–Crippen LogP) is 4.71. The Labute approximate surface area is 103 Å². The van der Waals surface area contributed by atoms with E-state index in [0.717, 1.165) is 11.3 Å². The molecule has 1 nitrogen and oxygen atoms in total. The largest absolute Gasteiger partial charge is 0.236 e. The van der Waals surface area contributed by atoms with Crippen molar-refractivity contribution < 1.29 is 0 Å². The van der Waals surface area contributed by atoms with Crippen molar-refractivity contribution in [3.63, 3.8) is 0 Å². The van der Waals surface area contributed by atoms with Crippen molar-refractivity contribution in [3.05, 3.63) is 51.6 Å². The number of pyridine rings is 1. The lowest BCUT2D eigenvalue weighted by atomic mass is 10.1. The van der Waals surface area contributed by atoms with Gasteiger partial charge in [0.2, 0.25) is 0 Å². The number of benzene rings is 1. The number of halogens is 3. The molecule has 0 saturated heterocycles. The van der Waals surface area contributed by atoms with Gasteiger partial charge in [0.05, 0.1) is 15.7 Å². The highest BCUT2D eigenvalue weighted by molar-refractivity contribution is 6.43. The fraction of sp³-hybridized carbons (Fsp3) is 0. The molecule has 1 aromatic carbocycles. The van der Waals surface area contributed by atoms with Crippen molar-refractivity contribution in [2.45, 2.75) is 0 Å². The third-order valence-electron chi connectivity index (χ3n) is 1.94. The molecule has 4 heteroatoms. The van der Waals surface area contributed by atoms with Gasteiger partial charge in [-0.1, -0.05) is 53.0 Å². The minimum atomic E-state index is 0.434. The van der Waals surface area contributed by atoms with E-state index in [4.69, 9.17) is 34.8 Å². The van der Waals surface area contributed by atoms with E-state index in [1.54, 1.807) is 12.1 Å². The summed E-state index contributed by atoms with van der Waals surface area (Å²) in [5.74, 6) is 0. The van der Waals surface area contributed by atoms with Gasteiger partial charge in [-0.2, -0.15) is 0 Å². The lowest BCUT2D eigenvalue weighted by Crippen LogP contribution is -1.85. The second-order valence-electron chi connectivity index (χ2n) is 2.95. The Morgan fingerprint density at radius 1 is 0.867 bits per heavy atom. The van der Waals surface area contributed by atoms with Gasteiger partial charge in [0.15, 0.2) is 0 Å². The second-order valence-corrected chi connectivity index (χ2v) is 4.12. The molecule has 1 heterocycles. The first-order chi connectivity index (χ1) is 7.18. The molecule has 0 saturated carbocycles. The van der Waals surface area contributed by atoms with E-state index in [1.807, 2.05) is 24.3 Å². The van der Waals surface area contributed by atoms with Crippen LogP contribution in [-0.4, -0.2) is 4.98 Å². The molecule has 2 aromatic rings. The minimum Gasteiger partial charge on any atom is -0.236 e. The van der Waals surface area contributed by atoms with Gasteiger partial charge in [0, 0.05) is 5.56 Å². The first kappa shape index (κ1) is 10.7. The van der Waals surface area contributed by atoms with E-state index in [1.165, 1.54) is 0 Å². The fourth-order valence-electron chi connectivity index (χ4n) is 1.26. The summed E-state index contributed by atoms with van der Waals surface area (Å²) >= 11 is 17.8. The van der Waals surface area contributed by atoms with Gasteiger partial charge < -0.3 is 0 Å². The summed E-state index contributed by atoms with van der Waals surface area (Å²) in [6.45, 7) is 0. The molecule has 0 fully saturated rings. The summed E-state index contributed by atoms with van der Waals surface area (Å²) in [5.41, 5.74) is 1.50. The van der Waals surface area contributed by atoms with E-state index in [0.29, 0.717) is 15.2 Å². The van der Waals surface area contributed by atoms with Crippen LogP contribution in [0.2, 0.25) is 15.2 Å². The Kier molecular flexibility index (Phi) is 3.15. The molecule has 0 unspecified atom stereocenters. The molecule has 2 rings (SSSR count). The highest BCUT2D eigenvalue weighted by Gasteiger charge is 2.07. The Morgan fingerprint density at radius 2 is 1.60 bits per heavy atom. The first-order valence-electron chi connectivity index (χ1n) is 4.25. The molecule has 0 N–H and O–H groups in total. The van der Waals surface area contributed by atoms with E-state index >= 15 is 0 Å². The maximum atomic E-state index is 6.07. The molecule has 1 aromatic heterocycles. The quantitative estimate of drug-likeness (QED) is 0.675. The van der Waals surface area contributed by atoms with E-state index in [2.05, 4.69) is 4.98 Å². The predicted molar refractivity (Wildman–Crippen MR) is 64.7 cm³/mol. The topological polar surface area (TPSA) is 12.9 Å². The van der Waals surface area contributed by atoms with Crippen LogP contribution in [0.4, 0.5) is 0 Å². The Hall–Kier alpha value is -0.760. The molecular formula is C11H6Cl3N. The van der Waals surface area contributed by atoms with Gasteiger partial charge in [0.25, 0.3) is 0 Å². The number of hydrogen-bond acceptors (Lipinski definition) is 1. The van der Waals surface area contributed by atoms with Gasteiger partial charge >= 0.3 is 0 Å². The van der Waals surface area contributed by atoms with Crippen LogP contribution in [0.5, 0.6) is 0 Å². The van der Waals surface area contributed by atoms with E-state index in [9.17, 15) is 0 Å². The molecule has 0 aliphatic heterocycles. The molecule has 0 aliphatic carbocycles. The Morgan fingerprint density at radius 3 is 2.33 bits per heavy atom. The summed E-state index contributed by atoms with van der Waals surface area (Å²) in [6, 6.07) is 10.8. The second kappa shape index (κ2) is 4.40. The molecule has 76 valence electrons. The summed E-state index contributed by atoms with van der Waals surface area (Å²) in [7, 11) is 0. The van der Waals surface area contributed by atoms with Crippen molar-refractivity contribution in [2.24, 2.45) is 0 Å². The van der Waals surface area contributed by atoms with Gasteiger partial charge in [-0.25, -0.2) is 4.98 Å². The Balaban J connectivity index is 2.59. The van der Waals surface area contributed by atoms with Crippen molar-refractivity contribution in [1.29, 1.82) is 0 Å². The fourth-order valence-corrected chi connectivity index (χ4v) is 1.82. The highest BCUT2D eigenvalue weighted by Crippen LogP contribution is 2.32. The summed E-state index contributed by atoms with van der Waals surface area (Å²) in [4.78, 5) is 4.17. The number of aromatic nitrogens is 1. The van der Waals surface area contributed by atoms with Crippen LogP contribution < -0.4 is 0 Å². The summed E-state index contributed by atoms with van der Waals surface area (Å²) in [5, 5.41) is 1.44. The molecule has 0 aliphatic rings. The van der Waals surface area contributed by atoms with Crippen molar-refractivity contribution in [1.82, 2.24) is 4.98 Å². The summed E-state index contributed by atoms with van der Waals surface area (Å²) < 4.78 is 0. The normalized spacial score (nSPS) is 10.3. The van der Waals surface area contributed by atoms with Crippen molar-refractivity contribution >= 4 is 34.8 Å². The third-order valence-corrected chi connectivity index (χ3v) is 2.97. The van der Waals surface area contributed by atoms with Crippen LogP contribution in [0.3, 0.4) is 0 Å². The van der Waals surface area contributed by atoms with E-state index in [-0.39, 0.29) is 0 Å². The highest BCUT2D eigenvalue weighted by atomic mass is 35.5. The van der Waals surface area contributed by atoms with Crippen molar-refractivity contribution in [2.75, 3.05) is 0 Å². The molecule has 0 radical (unpaired) electrons. The molecule has 0 amide bonds. The molecule has 15 heavy (non-hydrogen) atoms. The monoisotopic (exact) mass is 257 g/mol. The maximum Gasteiger partial charge on any atom is 0.129 e. The Bertz CT molecular complexity index is 497. The SMILES string of the molecule is Clc1cccc(-c2cccc(Cl)c2Cl)n1. The molecule has 0 bridgehead atoms. The van der Waals surface area contributed by atoms with Crippen LogP contribution >= 0.6 is 34.8 Å². The average molecular weight is 259 g/mol. The maximum absolute atomic E-state index is 6.07. The van der Waals surface area contributed by atoms with Crippen LogP contribution in [0.15, 0.2) is 36.4 Å². The molecule has 0 atom stereocenters.